The number of likely N-dealkylation sites (N-methyl/N-ethyl adjacent to an activating group) is 1. The molecule has 2 aromatic rings. The van der Waals surface area contributed by atoms with Crippen molar-refractivity contribution < 1.29 is 14.0 Å². The van der Waals surface area contributed by atoms with Gasteiger partial charge >= 0.3 is 0 Å². The first-order valence-corrected chi connectivity index (χ1v) is 9.59. The van der Waals surface area contributed by atoms with Crippen molar-refractivity contribution in [3.05, 3.63) is 62.8 Å². The zero-order chi connectivity index (χ0) is 20.7. The third kappa shape index (κ3) is 6.95. The number of hydrogen-bond acceptors (Lipinski definition) is 3. The summed E-state index contributed by atoms with van der Waals surface area (Å²) in [6.45, 7) is 2.62. The molecule has 2 amide bonds. The maximum atomic E-state index is 12.9. The van der Waals surface area contributed by atoms with E-state index in [1.807, 2.05) is 6.92 Å². The predicted octanol–water partition coefficient (Wildman–Crippen LogP) is 4.36. The summed E-state index contributed by atoms with van der Waals surface area (Å²) in [5.41, 5.74) is 1.05. The molecule has 0 aromatic heterocycles. The molecule has 0 aliphatic carbocycles. The third-order valence-electron chi connectivity index (χ3n) is 3.86. The molecule has 0 bridgehead atoms. The Morgan fingerprint density at radius 2 is 1.57 bits per heavy atom. The quantitative estimate of drug-likeness (QED) is 0.633. The van der Waals surface area contributed by atoms with Gasteiger partial charge in [0.05, 0.1) is 28.8 Å². The minimum Gasteiger partial charge on any atom is -0.351 e. The topological polar surface area (TPSA) is 61.4 Å². The average Bonchev–Trinajstić information content (AvgIpc) is 2.63. The Kier molecular flexibility index (Phi) is 8.51. The number of nitrogens with one attached hydrogen (secondary N) is 2. The van der Waals surface area contributed by atoms with Gasteiger partial charge in [0.1, 0.15) is 5.82 Å². The minimum absolute atomic E-state index is 0.0181. The van der Waals surface area contributed by atoms with Crippen molar-refractivity contribution in [3.8, 4) is 0 Å². The van der Waals surface area contributed by atoms with Gasteiger partial charge in [-0.05, 0) is 36.4 Å². The maximum Gasteiger partial charge on any atom is 0.238 e. The van der Waals surface area contributed by atoms with Crippen LogP contribution in [-0.2, 0) is 16.1 Å². The summed E-state index contributed by atoms with van der Waals surface area (Å²) in [5, 5.41) is 6.19. The fourth-order valence-corrected chi connectivity index (χ4v) is 3.30. The molecule has 0 saturated carbocycles. The highest BCUT2D eigenvalue weighted by Crippen LogP contribution is 2.33. The summed E-state index contributed by atoms with van der Waals surface area (Å²) in [7, 11) is 0. The van der Waals surface area contributed by atoms with Gasteiger partial charge in [-0.3, -0.25) is 14.5 Å². The standard InChI is InChI=1S/C19H19Cl3FN3O2/c1-2-26(10-17(27)24-9-12-3-5-14(23)6-4-12)11-18(28)25-19-15(21)7-13(20)8-16(19)22/h3-8H,2,9-11H2,1H3,(H,24,27)(H,25,28). The van der Waals surface area contributed by atoms with Crippen molar-refractivity contribution in [1.29, 1.82) is 0 Å². The highest BCUT2D eigenvalue weighted by Gasteiger charge is 2.16. The normalized spacial score (nSPS) is 10.8. The second-order valence-corrected chi connectivity index (χ2v) is 7.25. The molecular weight excluding hydrogens is 428 g/mol. The average molecular weight is 447 g/mol. The van der Waals surface area contributed by atoms with E-state index >= 15 is 0 Å². The van der Waals surface area contributed by atoms with Gasteiger partial charge < -0.3 is 10.6 Å². The lowest BCUT2D eigenvalue weighted by molar-refractivity contribution is -0.123. The molecule has 0 aliphatic heterocycles. The molecule has 0 atom stereocenters. The molecule has 0 spiro atoms. The largest absolute Gasteiger partial charge is 0.351 e. The van der Waals surface area contributed by atoms with Crippen molar-refractivity contribution in [2.45, 2.75) is 13.5 Å². The van der Waals surface area contributed by atoms with E-state index < -0.39 is 0 Å². The number of hydrogen-bond donors (Lipinski definition) is 2. The van der Waals surface area contributed by atoms with Crippen LogP contribution in [0.4, 0.5) is 10.1 Å². The first kappa shape index (κ1) is 22.4. The van der Waals surface area contributed by atoms with E-state index in [9.17, 15) is 14.0 Å². The van der Waals surface area contributed by atoms with E-state index in [1.54, 1.807) is 17.0 Å². The first-order chi connectivity index (χ1) is 13.3. The summed E-state index contributed by atoms with van der Waals surface area (Å²) < 4.78 is 12.9. The Labute approximate surface area is 177 Å². The van der Waals surface area contributed by atoms with Crippen LogP contribution in [0.3, 0.4) is 0 Å². The third-order valence-corrected chi connectivity index (χ3v) is 4.67. The molecular formula is C19H19Cl3FN3O2. The molecule has 0 aliphatic rings. The highest BCUT2D eigenvalue weighted by atomic mass is 35.5. The fourth-order valence-electron chi connectivity index (χ4n) is 2.39. The molecule has 0 unspecified atom stereocenters. The van der Waals surface area contributed by atoms with Gasteiger partial charge in [0.15, 0.2) is 0 Å². The zero-order valence-electron chi connectivity index (χ0n) is 15.1. The lowest BCUT2D eigenvalue weighted by Gasteiger charge is -2.20. The van der Waals surface area contributed by atoms with Gasteiger partial charge in [0, 0.05) is 11.6 Å². The molecule has 150 valence electrons. The number of halogens is 4. The van der Waals surface area contributed by atoms with Crippen molar-refractivity contribution in [3.63, 3.8) is 0 Å². The van der Waals surface area contributed by atoms with Crippen molar-refractivity contribution in [1.82, 2.24) is 10.2 Å². The van der Waals surface area contributed by atoms with E-state index in [1.165, 1.54) is 24.3 Å². The smallest absolute Gasteiger partial charge is 0.238 e. The van der Waals surface area contributed by atoms with Gasteiger partial charge in [-0.2, -0.15) is 0 Å². The van der Waals surface area contributed by atoms with Gasteiger partial charge in [0.2, 0.25) is 11.8 Å². The minimum atomic E-state index is -0.362. The van der Waals surface area contributed by atoms with Crippen LogP contribution < -0.4 is 10.6 Å². The SMILES string of the molecule is CCN(CC(=O)NCc1ccc(F)cc1)CC(=O)Nc1c(Cl)cc(Cl)cc1Cl. The molecule has 5 nitrogen and oxygen atoms in total. The van der Waals surface area contributed by atoms with Crippen LogP contribution in [0.25, 0.3) is 0 Å². The van der Waals surface area contributed by atoms with E-state index in [2.05, 4.69) is 10.6 Å². The monoisotopic (exact) mass is 445 g/mol. The number of carbonyl (C=O) groups excluding carboxylic acids is 2. The molecule has 2 aromatic carbocycles. The fraction of sp³-hybridized carbons (Fsp3) is 0.263. The molecule has 0 fully saturated rings. The molecule has 9 heteroatoms. The number of amides is 2. The van der Waals surface area contributed by atoms with Crippen LogP contribution in [0, 0.1) is 5.82 Å². The summed E-state index contributed by atoms with van der Waals surface area (Å²) >= 11 is 18.0. The zero-order valence-corrected chi connectivity index (χ0v) is 17.3. The van der Waals surface area contributed by atoms with Crippen LogP contribution in [0.15, 0.2) is 36.4 Å². The van der Waals surface area contributed by atoms with Gasteiger partial charge in [0.25, 0.3) is 0 Å². The second-order valence-electron chi connectivity index (χ2n) is 6.00. The van der Waals surface area contributed by atoms with E-state index in [-0.39, 0.29) is 53.0 Å². The van der Waals surface area contributed by atoms with Gasteiger partial charge in [-0.25, -0.2) is 4.39 Å². The Bertz CT molecular complexity index is 824. The number of benzene rings is 2. The molecule has 2 rings (SSSR count). The Morgan fingerprint density at radius 3 is 2.14 bits per heavy atom. The Hall–Kier alpha value is -1.86. The molecule has 0 radical (unpaired) electrons. The first-order valence-electron chi connectivity index (χ1n) is 8.46. The summed E-state index contributed by atoms with van der Waals surface area (Å²) in [6.07, 6.45) is 0. The Morgan fingerprint density at radius 1 is 1.00 bits per heavy atom. The van der Waals surface area contributed by atoms with Crippen molar-refractivity contribution >= 4 is 52.3 Å². The van der Waals surface area contributed by atoms with Crippen LogP contribution in [0.2, 0.25) is 15.1 Å². The van der Waals surface area contributed by atoms with Crippen molar-refractivity contribution in [2.24, 2.45) is 0 Å². The summed E-state index contributed by atoms with van der Waals surface area (Å²) in [4.78, 5) is 26.1. The van der Waals surface area contributed by atoms with Gasteiger partial charge in [-0.15, -0.1) is 0 Å². The second kappa shape index (κ2) is 10.6. The Balaban J connectivity index is 1.86. The van der Waals surface area contributed by atoms with Gasteiger partial charge in [-0.1, -0.05) is 53.9 Å². The number of nitrogens with zero attached hydrogens (tertiary/aromatic N) is 1. The predicted molar refractivity (Wildman–Crippen MR) is 110 cm³/mol. The van der Waals surface area contributed by atoms with Crippen molar-refractivity contribution in [2.75, 3.05) is 25.0 Å². The number of rotatable bonds is 8. The van der Waals surface area contributed by atoms with E-state index in [4.69, 9.17) is 34.8 Å². The van der Waals surface area contributed by atoms with Crippen LogP contribution >= 0.6 is 34.8 Å². The number of carbonyl (C=O) groups is 2. The number of anilines is 1. The summed E-state index contributed by atoms with van der Waals surface area (Å²) in [5.74, 6) is -0.944. The maximum absolute atomic E-state index is 12.9. The molecule has 2 N–H and O–H groups in total. The van der Waals surface area contributed by atoms with Crippen LogP contribution in [0.1, 0.15) is 12.5 Å². The lowest BCUT2D eigenvalue weighted by Crippen LogP contribution is -2.40. The highest BCUT2D eigenvalue weighted by molar-refractivity contribution is 6.42. The molecule has 0 saturated heterocycles. The molecule has 28 heavy (non-hydrogen) atoms. The van der Waals surface area contributed by atoms with Crippen LogP contribution in [-0.4, -0.2) is 36.3 Å². The summed E-state index contributed by atoms with van der Waals surface area (Å²) in [6, 6.07) is 8.81. The van der Waals surface area contributed by atoms with Crippen LogP contribution in [0.5, 0.6) is 0 Å². The molecule has 0 heterocycles. The van der Waals surface area contributed by atoms with E-state index in [0.717, 1.165) is 5.56 Å². The van der Waals surface area contributed by atoms with E-state index in [0.29, 0.717) is 11.6 Å². The lowest BCUT2D eigenvalue weighted by atomic mass is 10.2.